The molecule has 0 bridgehead atoms. The number of cyclic esters (lactones) is 1. The number of carbonyl (C=O) groups is 4. The van der Waals surface area contributed by atoms with Gasteiger partial charge in [-0.1, -0.05) is 0 Å². The maximum absolute atomic E-state index is 10.0. The van der Waals surface area contributed by atoms with Gasteiger partial charge in [-0.05, 0) is 38.5 Å². The third-order valence-electron chi connectivity index (χ3n) is 2.60. The van der Waals surface area contributed by atoms with Gasteiger partial charge in [0, 0.05) is 45.1 Å². The molecular weight excluding hydrogens is 658 g/mol. The molecule has 0 aromatic carbocycles. The Morgan fingerprint density at radius 1 is 0.949 bits per heavy atom. The van der Waals surface area contributed by atoms with Crippen LogP contribution in [0.4, 0.5) is 0 Å². The van der Waals surface area contributed by atoms with Crippen LogP contribution in [-0.4, -0.2) is 93.7 Å². The van der Waals surface area contributed by atoms with Crippen molar-refractivity contribution in [3.63, 3.8) is 0 Å². The van der Waals surface area contributed by atoms with Gasteiger partial charge in [-0.2, -0.15) is 0 Å². The summed E-state index contributed by atoms with van der Waals surface area (Å²) in [6, 6.07) is 0. The van der Waals surface area contributed by atoms with E-state index < -0.39 is 23.0 Å². The molecule has 218 valence electrons. The van der Waals surface area contributed by atoms with E-state index in [9.17, 15) is 39.5 Å². The van der Waals surface area contributed by atoms with Crippen LogP contribution in [0.15, 0.2) is 0 Å². The standard InChI is InChI=1S/C4H7NO5.2C4H8O3.C4H6O2.CH2Cl2.CH4O.3K.H2O/c6-4(7)2-1-3-10-5(8)9;2*5-3-1-2-4(6)7;5-4-2-1-3-6-4;2-1-3;1-2;;;;/h1-3H2,(H,6,7);2*5H,1-3H2,(H,6,7);1-3H2;1H2;2H,1H3;;;;1H2/q;;;;;;3*+1;/p-3. The summed E-state index contributed by atoms with van der Waals surface area (Å²) in [5.41, 5.74) is 0. The Labute approximate surface area is 364 Å². The molecule has 1 fully saturated rings. The number of nitrogens with zero attached hydrogens (tertiary/aromatic N) is 1. The zero-order chi connectivity index (χ0) is 28.5. The molecule has 16 nitrogen and oxygen atoms in total. The second-order valence-corrected chi connectivity index (χ2v) is 6.19. The second-order valence-electron chi connectivity index (χ2n) is 5.38. The zero-order valence-electron chi connectivity index (χ0n) is 22.7. The smallest absolute Gasteiger partial charge is 0.870 e. The van der Waals surface area contributed by atoms with Crippen molar-refractivity contribution in [3.05, 3.63) is 10.1 Å². The van der Waals surface area contributed by atoms with Crippen LogP contribution in [-0.2, 0) is 28.8 Å². The molecule has 1 heterocycles. The normalized spacial score (nSPS) is 9.23. The van der Waals surface area contributed by atoms with Gasteiger partial charge in [0.05, 0.1) is 18.6 Å². The van der Waals surface area contributed by atoms with E-state index in [0.29, 0.717) is 25.9 Å². The molecule has 0 aliphatic carbocycles. The molecule has 1 aliphatic rings. The number of carbonyl (C=O) groups excluding carboxylic acids is 3. The summed E-state index contributed by atoms with van der Waals surface area (Å²) < 4.78 is 4.51. The van der Waals surface area contributed by atoms with Crippen LogP contribution in [0.1, 0.15) is 51.4 Å². The molecule has 0 radical (unpaired) electrons. The van der Waals surface area contributed by atoms with Crippen molar-refractivity contribution in [3.8, 4) is 0 Å². The van der Waals surface area contributed by atoms with Gasteiger partial charge in [-0.3, -0.25) is 9.59 Å². The minimum atomic E-state index is -1.10. The molecule has 1 saturated heterocycles. The average molecular weight is 693 g/mol. The minimum Gasteiger partial charge on any atom is -0.870 e. The number of aliphatic carboxylic acids is 3. The maximum atomic E-state index is 10.0. The fraction of sp³-hybridized carbons (Fsp3) is 0.778. The van der Waals surface area contributed by atoms with Crippen LogP contribution in [0.2, 0.25) is 0 Å². The van der Waals surface area contributed by atoms with E-state index in [2.05, 4.69) is 9.57 Å². The van der Waals surface area contributed by atoms with Crippen LogP contribution < -0.4 is 164 Å². The number of ether oxygens (including phenoxy) is 1. The van der Waals surface area contributed by atoms with E-state index in [-0.39, 0.29) is 216 Å². The number of aliphatic hydroxyl groups excluding tert-OH is 3. The third-order valence-corrected chi connectivity index (χ3v) is 2.60. The Balaban J connectivity index is -0.0000000407. The van der Waals surface area contributed by atoms with Gasteiger partial charge in [0.1, 0.15) is 0 Å². The molecule has 21 heteroatoms. The monoisotopic (exact) mass is 691 g/mol. The maximum Gasteiger partial charge on any atom is 1.00 e. The Bertz CT molecular complexity index is 498. The number of carboxylic acid groups (broad SMARTS) is 3. The molecule has 1 rings (SSSR count). The molecule has 0 spiro atoms. The SMILES string of the molecule is CO.ClCCl.O=C(O)CCCO[N+](=O)[O-].O=C([O-])CCCO.O=C([O-])CCCO.O=C1CCCO1.[K+].[K+].[K+].[OH-]. The Morgan fingerprint density at radius 2 is 1.33 bits per heavy atom. The van der Waals surface area contributed by atoms with Crippen molar-refractivity contribution in [2.75, 3.05) is 38.9 Å². The van der Waals surface area contributed by atoms with Gasteiger partial charge >= 0.3 is 166 Å². The first-order valence-electron chi connectivity index (χ1n) is 9.81. The van der Waals surface area contributed by atoms with Crippen LogP contribution in [0.25, 0.3) is 0 Å². The summed E-state index contributed by atoms with van der Waals surface area (Å²) in [6.07, 6.45) is 2.10. The molecule has 0 saturated carbocycles. The molecule has 5 N–H and O–H groups in total. The third kappa shape index (κ3) is 100. The predicted molar refractivity (Wildman–Crippen MR) is 119 cm³/mol. The van der Waals surface area contributed by atoms with E-state index in [1.54, 1.807) is 0 Å². The van der Waals surface area contributed by atoms with E-state index in [1.807, 2.05) is 0 Å². The van der Waals surface area contributed by atoms with E-state index in [4.69, 9.17) is 43.6 Å². The Morgan fingerprint density at radius 3 is 1.49 bits per heavy atom. The van der Waals surface area contributed by atoms with Crippen LogP contribution in [0, 0.1) is 10.1 Å². The van der Waals surface area contributed by atoms with E-state index >= 15 is 0 Å². The Kier molecular flexibility index (Phi) is 98.6. The minimum absolute atomic E-state index is 0. The number of alkyl halides is 2. The molecular formula is C18H34Cl2K3NO15. The summed E-state index contributed by atoms with van der Waals surface area (Å²) in [4.78, 5) is 52.2. The quantitative estimate of drug-likeness (QED) is 0.0390. The number of aliphatic hydroxyl groups is 3. The summed E-state index contributed by atoms with van der Waals surface area (Å²) in [5, 5.41) is 58.9. The summed E-state index contributed by atoms with van der Waals surface area (Å²) in [5.74, 6) is -3.23. The molecule has 0 aromatic heterocycles. The molecule has 0 atom stereocenters. The van der Waals surface area contributed by atoms with Crippen molar-refractivity contribution >= 4 is 47.1 Å². The van der Waals surface area contributed by atoms with Gasteiger partial charge in [0.15, 0.2) is 0 Å². The van der Waals surface area contributed by atoms with Gasteiger partial charge in [-0.25, -0.2) is 0 Å². The zero-order valence-corrected chi connectivity index (χ0v) is 33.6. The second kappa shape index (κ2) is 59.8. The Hall–Kier alpha value is 2.41. The molecule has 39 heavy (non-hydrogen) atoms. The van der Waals surface area contributed by atoms with E-state index in [0.717, 1.165) is 13.5 Å². The van der Waals surface area contributed by atoms with Crippen molar-refractivity contribution in [2.24, 2.45) is 0 Å². The summed E-state index contributed by atoms with van der Waals surface area (Å²) >= 11 is 9.53. The van der Waals surface area contributed by atoms with Crippen molar-refractivity contribution < 1.29 is 224 Å². The number of halogens is 2. The van der Waals surface area contributed by atoms with Gasteiger partial charge < -0.3 is 55.3 Å². The fourth-order valence-electron chi connectivity index (χ4n) is 1.28. The molecule has 0 aromatic rings. The van der Waals surface area contributed by atoms with E-state index in [1.165, 1.54) is 0 Å². The molecule has 0 amide bonds. The molecule has 1 aliphatic heterocycles. The van der Waals surface area contributed by atoms with Crippen LogP contribution >= 0.6 is 23.2 Å². The van der Waals surface area contributed by atoms with Gasteiger partial charge in [-0.15, -0.1) is 33.3 Å². The summed E-state index contributed by atoms with van der Waals surface area (Å²) in [6.45, 7) is 0.333. The largest absolute Gasteiger partial charge is 1.00 e. The van der Waals surface area contributed by atoms with Gasteiger partial charge in [0.2, 0.25) is 0 Å². The first-order valence-corrected chi connectivity index (χ1v) is 10.9. The predicted octanol–water partition coefficient (Wildman–Crippen LogP) is -10.7. The van der Waals surface area contributed by atoms with Crippen molar-refractivity contribution in [1.82, 2.24) is 0 Å². The average Bonchev–Trinajstić information content (AvgIpc) is 3.27. The van der Waals surface area contributed by atoms with Crippen molar-refractivity contribution in [1.29, 1.82) is 0 Å². The number of rotatable bonds is 11. The first kappa shape index (κ1) is 64.4. The number of hydrogen-bond donors (Lipinski definition) is 4. The fourth-order valence-corrected chi connectivity index (χ4v) is 1.28. The van der Waals surface area contributed by atoms with Crippen LogP contribution in [0.5, 0.6) is 0 Å². The van der Waals surface area contributed by atoms with Crippen molar-refractivity contribution in [2.45, 2.75) is 51.4 Å². The first-order chi connectivity index (χ1) is 16.5. The topological polar surface area (TPSA) is 287 Å². The number of hydrogen-bond acceptors (Lipinski definition) is 14. The summed E-state index contributed by atoms with van der Waals surface area (Å²) in [7, 11) is 1.00. The van der Waals surface area contributed by atoms with Gasteiger partial charge in [0.25, 0.3) is 5.09 Å². The van der Waals surface area contributed by atoms with Crippen LogP contribution in [0.3, 0.4) is 0 Å². The molecule has 0 unspecified atom stereocenters. The number of esters is 1. The number of carboxylic acids is 3.